The van der Waals surface area contributed by atoms with Gasteiger partial charge in [0.05, 0.1) is 0 Å². The van der Waals surface area contributed by atoms with Crippen LogP contribution in [0.1, 0.15) is 5.56 Å². The first-order valence-corrected chi connectivity index (χ1v) is 5.05. The van der Waals surface area contributed by atoms with E-state index in [0.29, 0.717) is 0 Å². The Hall–Kier alpha value is -1.46. The molecule has 1 aliphatic rings. The lowest BCUT2D eigenvalue weighted by Gasteiger charge is -2.42. The SMILES string of the molecule is NC1C(=O)N(OCc2ccccc2)C1CF. The topological polar surface area (TPSA) is 55.6 Å². The van der Waals surface area contributed by atoms with Gasteiger partial charge in [-0.15, -0.1) is 0 Å². The highest BCUT2D eigenvalue weighted by molar-refractivity contribution is 5.88. The molecule has 4 nitrogen and oxygen atoms in total. The fourth-order valence-electron chi connectivity index (χ4n) is 1.57. The second-order valence-corrected chi connectivity index (χ2v) is 3.67. The van der Waals surface area contributed by atoms with Crippen LogP contribution in [-0.2, 0) is 16.2 Å². The summed E-state index contributed by atoms with van der Waals surface area (Å²) in [7, 11) is 0. The van der Waals surface area contributed by atoms with E-state index in [1.54, 1.807) is 0 Å². The lowest BCUT2D eigenvalue weighted by atomic mass is 10.0. The minimum absolute atomic E-state index is 0.246. The molecule has 2 N–H and O–H groups in total. The summed E-state index contributed by atoms with van der Waals surface area (Å²) in [6.45, 7) is -0.433. The molecule has 86 valence electrons. The number of halogens is 1. The van der Waals surface area contributed by atoms with Gasteiger partial charge in [-0.1, -0.05) is 30.3 Å². The van der Waals surface area contributed by atoms with Crippen molar-refractivity contribution >= 4 is 5.91 Å². The second-order valence-electron chi connectivity index (χ2n) is 3.67. The van der Waals surface area contributed by atoms with Gasteiger partial charge in [-0.25, -0.2) is 9.45 Å². The second kappa shape index (κ2) is 4.59. The number of carbonyl (C=O) groups excluding carboxylic acids is 1. The maximum atomic E-state index is 12.5. The van der Waals surface area contributed by atoms with Crippen molar-refractivity contribution in [2.45, 2.75) is 18.7 Å². The molecule has 1 saturated heterocycles. The zero-order valence-electron chi connectivity index (χ0n) is 8.67. The van der Waals surface area contributed by atoms with Crippen molar-refractivity contribution in [3.8, 4) is 0 Å². The Morgan fingerprint density at radius 1 is 1.38 bits per heavy atom. The van der Waals surface area contributed by atoms with Gasteiger partial charge in [0.15, 0.2) is 0 Å². The fourth-order valence-corrected chi connectivity index (χ4v) is 1.57. The molecule has 1 aliphatic heterocycles. The number of nitrogens with zero attached hydrogens (tertiary/aromatic N) is 1. The van der Waals surface area contributed by atoms with Crippen molar-refractivity contribution in [3.63, 3.8) is 0 Å². The monoisotopic (exact) mass is 224 g/mol. The lowest BCUT2D eigenvalue weighted by molar-refractivity contribution is -0.239. The molecule has 2 rings (SSSR count). The predicted octanol–water partition coefficient (Wildman–Crippen LogP) is 0.626. The smallest absolute Gasteiger partial charge is 0.265 e. The molecule has 0 bridgehead atoms. The van der Waals surface area contributed by atoms with E-state index in [9.17, 15) is 9.18 Å². The first kappa shape index (κ1) is 11.0. The molecule has 1 aromatic carbocycles. The van der Waals surface area contributed by atoms with E-state index in [4.69, 9.17) is 10.6 Å². The van der Waals surface area contributed by atoms with Crippen LogP contribution in [0.3, 0.4) is 0 Å². The largest absolute Gasteiger partial charge is 0.318 e. The van der Waals surface area contributed by atoms with E-state index >= 15 is 0 Å². The van der Waals surface area contributed by atoms with E-state index in [1.807, 2.05) is 30.3 Å². The third-order valence-electron chi connectivity index (χ3n) is 2.59. The number of rotatable bonds is 4. The number of amides is 1. The van der Waals surface area contributed by atoms with E-state index < -0.39 is 18.8 Å². The Morgan fingerprint density at radius 3 is 2.69 bits per heavy atom. The van der Waals surface area contributed by atoms with Crippen molar-refractivity contribution in [1.82, 2.24) is 5.06 Å². The minimum Gasteiger partial charge on any atom is -0.318 e. The van der Waals surface area contributed by atoms with Crippen LogP contribution in [0.5, 0.6) is 0 Å². The standard InChI is InChI=1S/C11H13FN2O2/c12-6-9-10(13)11(15)14(9)16-7-8-4-2-1-3-5-8/h1-5,9-10H,6-7,13H2. The van der Waals surface area contributed by atoms with Gasteiger partial charge in [-0.3, -0.25) is 9.63 Å². The summed E-state index contributed by atoms with van der Waals surface area (Å²) in [6, 6.07) is 7.96. The summed E-state index contributed by atoms with van der Waals surface area (Å²) >= 11 is 0. The molecule has 0 saturated carbocycles. The number of alkyl halides is 1. The fraction of sp³-hybridized carbons (Fsp3) is 0.364. The maximum absolute atomic E-state index is 12.5. The number of benzene rings is 1. The van der Waals surface area contributed by atoms with Gasteiger partial charge in [0.2, 0.25) is 0 Å². The average Bonchev–Trinajstić information content (AvgIpc) is 2.34. The van der Waals surface area contributed by atoms with Crippen molar-refractivity contribution in [2.24, 2.45) is 5.73 Å². The Bertz CT molecular complexity index is 372. The van der Waals surface area contributed by atoms with Crippen LogP contribution in [0, 0.1) is 0 Å². The molecule has 0 spiro atoms. The summed E-state index contributed by atoms with van der Waals surface area (Å²) in [5.41, 5.74) is 6.35. The van der Waals surface area contributed by atoms with E-state index in [2.05, 4.69) is 0 Å². The third-order valence-corrected chi connectivity index (χ3v) is 2.59. The van der Waals surface area contributed by atoms with Gasteiger partial charge < -0.3 is 5.73 Å². The molecule has 2 atom stereocenters. The number of hydrogen-bond acceptors (Lipinski definition) is 3. The van der Waals surface area contributed by atoms with Crippen LogP contribution < -0.4 is 5.73 Å². The van der Waals surface area contributed by atoms with Gasteiger partial charge in [-0.05, 0) is 5.56 Å². The molecule has 5 heteroatoms. The lowest BCUT2D eigenvalue weighted by Crippen LogP contribution is -2.69. The minimum atomic E-state index is -0.763. The van der Waals surface area contributed by atoms with Crippen LogP contribution in [0.4, 0.5) is 4.39 Å². The van der Waals surface area contributed by atoms with Crippen molar-refractivity contribution in [2.75, 3.05) is 6.67 Å². The number of hydrogen-bond donors (Lipinski definition) is 1. The Balaban J connectivity index is 1.89. The maximum Gasteiger partial charge on any atom is 0.265 e. The highest BCUT2D eigenvalue weighted by Gasteiger charge is 2.46. The molecule has 1 fully saturated rings. The third kappa shape index (κ3) is 1.91. The molecular formula is C11H13FN2O2. The van der Waals surface area contributed by atoms with Crippen molar-refractivity contribution < 1.29 is 14.0 Å². The van der Waals surface area contributed by atoms with Gasteiger partial charge in [0.25, 0.3) is 5.91 Å². The zero-order valence-corrected chi connectivity index (χ0v) is 8.67. The molecule has 1 amide bonds. The number of nitrogens with two attached hydrogens (primary N) is 1. The quantitative estimate of drug-likeness (QED) is 0.763. The molecule has 0 radical (unpaired) electrons. The predicted molar refractivity (Wildman–Crippen MR) is 55.8 cm³/mol. The van der Waals surface area contributed by atoms with Crippen molar-refractivity contribution in [3.05, 3.63) is 35.9 Å². The molecule has 0 aromatic heterocycles. The number of carbonyl (C=O) groups is 1. The first-order valence-electron chi connectivity index (χ1n) is 5.05. The van der Waals surface area contributed by atoms with E-state index in [1.165, 1.54) is 0 Å². The van der Waals surface area contributed by atoms with Crippen molar-refractivity contribution in [1.29, 1.82) is 0 Å². The van der Waals surface area contributed by atoms with E-state index in [-0.39, 0.29) is 12.5 Å². The Morgan fingerprint density at radius 2 is 2.06 bits per heavy atom. The summed E-state index contributed by atoms with van der Waals surface area (Å²) < 4.78 is 12.5. The van der Waals surface area contributed by atoms with Crippen LogP contribution in [0.2, 0.25) is 0 Å². The zero-order chi connectivity index (χ0) is 11.5. The Kier molecular flexibility index (Phi) is 3.17. The highest BCUT2D eigenvalue weighted by Crippen LogP contribution is 2.20. The number of β-lactam (4-membered cyclic amide) rings is 1. The average molecular weight is 224 g/mol. The highest BCUT2D eigenvalue weighted by atomic mass is 19.1. The normalized spacial score (nSPS) is 24.4. The van der Waals surface area contributed by atoms with Gasteiger partial charge >= 0.3 is 0 Å². The molecule has 2 unspecified atom stereocenters. The molecule has 0 aliphatic carbocycles. The van der Waals surface area contributed by atoms with Gasteiger partial charge in [-0.2, -0.15) is 0 Å². The van der Waals surface area contributed by atoms with Crippen LogP contribution in [0.15, 0.2) is 30.3 Å². The molecular weight excluding hydrogens is 211 g/mol. The van der Waals surface area contributed by atoms with Gasteiger partial charge in [0.1, 0.15) is 25.4 Å². The van der Waals surface area contributed by atoms with E-state index in [0.717, 1.165) is 10.6 Å². The first-order chi connectivity index (χ1) is 7.74. The van der Waals surface area contributed by atoms with Gasteiger partial charge in [0, 0.05) is 0 Å². The summed E-state index contributed by atoms with van der Waals surface area (Å²) in [4.78, 5) is 16.5. The van der Waals surface area contributed by atoms with Crippen LogP contribution >= 0.6 is 0 Å². The summed E-state index contributed by atoms with van der Waals surface area (Å²) in [5, 5.41) is 1.03. The van der Waals surface area contributed by atoms with Crippen LogP contribution in [0.25, 0.3) is 0 Å². The summed E-state index contributed by atoms with van der Waals surface area (Å²) in [6.07, 6.45) is 0. The Labute approximate surface area is 92.7 Å². The molecule has 1 aromatic rings. The number of hydroxylamine groups is 2. The molecule has 16 heavy (non-hydrogen) atoms. The van der Waals surface area contributed by atoms with Crippen LogP contribution in [-0.4, -0.2) is 29.7 Å². The molecule has 1 heterocycles. The summed E-state index contributed by atoms with van der Waals surface area (Å²) in [5.74, 6) is -0.362.